The van der Waals surface area contributed by atoms with Crippen LogP contribution >= 0.6 is 0 Å². The summed E-state index contributed by atoms with van der Waals surface area (Å²) in [4.78, 5) is 77.6. The van der Waals surface area contributed by atoms with Crippen LogP contribution < -0.4 is 26.8 Å². The molecule has 1 atom stereocenters. The summed E-state index contributed by atoms with van der Waals surface area (Å²) in [6.07, 6.45) is 17.9. The maximum Gasteiger partial charge on any atom is 0.260 e. The highest BCUT2D eigenvalue weighted by Crippen LogP contribution is 2.19. The number of hydrazine groups is 2. The predicted molar refractivity (Wildman–Crippen MR) is 208 cm³/mol. The molecule has 0 aliphatic heterocycles. The zero-order valence-corrected chi connectivity index (χ0v) is 34.1. The van der Waals surface area contributed by atoms with Gasteiger partial charge in [0.15, 0.2) is 5.79 Å². The number of hydrogen-bond acceptors (Lipinski definition) is 6. The second-order valence-electron chi connectivity index (χ2n) is 15.3. The first-order valence-electron chi connectivity index (χ1n) is 20.6. The quantitative estimate of drug-likeness (QED) is 0.0299. The Hall–Kier alpha value is -3.18. The first kappa shape index (κ1) is 48.8. The zero-order chi connectivity index (χ0) is 39.3. The van der Waals surface area contributed by atoms with E-state index in [1.807, 2.05) is 6.92 Å². The summed E-state index contributed by atoms with van der Waals surface area (Å²) < 4.78 is 0. The molecule has 6 amide bonds. The van der Waals surface area contributed by atoms with Gasteiger partial charge in [0, 0.05) is 43.9 Å². The van der Waals surface area contributed by atoms with E-state index in [-0.39, 0.29) is 54.7 Å². The lowest BCUT2D eigenvalue weighted by Gasteiger charge is -2.38. The lowest BCUT2D eigenvalue weighted by Crippen LogP contribution is -2.71. The molecule has 302 valence electrons. The van der Waals surface area contributed by atoms with Crippen molar-refractivity contribution in [1.29, 1.82) is 0 Å². The van der Waals surface area contributed by atoms with Crippen LogP contribution in [0, 0.1) is 5.41 Å². The van der Waals surface area contributed by atoms with Crippen molar-refractivity contribution in [2.45, 2.75) is 215 Å². The van der Waals surface area contributed by atoms with Crippen molar-refractivity contribution >= 4 is 35.4 Å². The third-order valence-electron chi connectivity index (χ3n) is 8.91. The monoisotopic (exact) mass is 737 g/mol. The van der Waals surface area contributed by atoms with Crippen molar-refractivity contribution in [3.8, 4) is 0 Å². The minimum Gasteiger partial charge on any atom is -0.316 e. The largest absolute Gasteiger partial charge is 0.316 e. The van der Waals surface area contributed by atoms with E-state index in [0.717, 1.165) is 108 Å². The van der Waals surface area contributed by atoms with Gasteiger partial charge in [0.05, 0.1) is 0 Å². The van der Waals surface area contributed by atoms with Crippen molar-refractivity contribution < 1.29 is 28.8 Å². The minimum absolute atomic E-state index is 0.153. The molecule has 1 unspecified atom stereocenters. The summed E-state index contributed by atoms with van der Waals surface area (Å²) in [5.41, 5.74) is 4.48. The summed E-state index contributed by atoms with van der Waals surface area (Å²) in [7, 11) is 0. The number of hydrogen-bond donors (Lipinski definition) is 5. The van der Waals surface area contributed by atoms with Gasteiger partial charge in [0.2, 0.25) is 29.5 Å². The summed E-state index contributed by atoms with van der Waals surface area (Å²) in [5, 5.41) is 9.90. The number of amides is 6. The summed E-state index contributed by atoms with van der Waals surface area (Å²) in [6, 6.07) is 0. The van der Waals surface area contributed by atoms with Crippen LogP contribution in [0.15, 0.2) is 0 Å². The normalized spacial score (nSPS) is 12.4. The van der Waals surface area contributed by atoms with E-state index in [2.05, 4.69) is 47.6 Å². The van der Waals surface area contributed by atoms with Crippen LogP contribution in [-0.2, 0) is 28.8 Å². The lowest BCUT2D eigenvalue weighted by atomic mass is 9.94. The SMILES string of the molecule is CCCCCCCC(=O)NN(NC(=O)CCCCCC)C(=O)CCCCCCCC(NC(=O)CCCC)(NC(=O)CCCCC)NC(=O)C(C)(C)C. The van der Waals surface area contributed by atoms with Gasteiger partial charge in [-0.05, 0) is 38.5 Å². The number of nitrogens with zero attached hydrogens (tertiary/aromatic N) is 1. The zero-order valence-electron chi connectivity index (χ0n) is 34.1. The Balaban J connectivity index is 5.38. The third kappa shape index (κ3) is 24.9. The number of carbonyl (C=O) groups excluding carboxylic acids is 6. The minimum atomic E-state index is -1.40. The van der Waals surface area contributed by atoms with Crippen molar-refractivity contribution in [1.82, 2.24) is 31.9 Å². The van der Waals surface area contributed by atoms with Gasteiger partial charge in [-0.3, -0.25) is 28.8 Å². The van der Waals surface area contributed by atoms with E-state index in [0.29, 0.717) is 38.5 Å². The van der Waals surface area contributed by atoms with E-state index in [9.17, 15) is 28.8 Å². The molecule has 0 aliphatic rings. The number of carbonyl (C=O) groups is 6. The fourth-order valence-corrected chi connectivity index (χ4v) is 5.56. The highest BCUT2D eigenvalue weighted by molar-refractivity contribution is 5.86. The van der Waals surface area contributed by atoms with Crippen LogP contribution in [0.2, 0.25) is 0 Å². The van der Waals surface area contributed by atoms with E-state index in [4.69, 9.17) is 0 Å². The molecule has 0 saturated carbocycles. The van der Waals surface area contributed by atoms with E-state index >= 15 is 0 Å². The molecule has 0 saturated heterocycles. The molecule has 0 radical (unpaired) electrons. The predicted octanol–water partition coefficient (Wildman–Crippen LogP) is 7.76. The molecule has 5 N–H and O–H groups in total. The van der Waals surface area contributed by atoms with Crippen LogP contribution in [0.4, 0.5) is 0 Å². The molecule has 0 bridgehead atoms. The molecular weight excluding hydrogens is 660 g/mol. The van der Waals surface area contributed by atoms with Crippen LogP contribution in [0.25, 0.3) is 0 Å². The second kappa shape index (κ2) is 29.3. The molecule has 12 heteroatoms. The highest BCUT2D eigenvalue weighted by atomic mass is 16.2. The van der Waals surface area contributed by atoms with Crippen LogP contribution in [0.1, 0.15) is 209 Å². The fourth-order valence-electron chi connectivity index (χ4n) is 5.56. The molecular formula is C40H76N6O6. The number of unbranched alkanes of at least 4 members (excludes halogenated alkanes) is 14. The van der Waals surface area contributed by atoms with Crippen molar-refractivity contribution in [3.05, 3.63) is 0 Å². The molecule has 12 nitrogen and oxygen atoms in total. The van der Waals surface area contributed by atoms with Crippen molar-refractivity contribution in [3.63, 3.8) is 0 Å². The molecule has 0 aromatic heterocycles. The summed E-state index contributed by atoms with van der Waals surface area (Å²) in [5.74, 6) is -3.10. The molecule has 0 fully saturated rings. The van der Waals surface area contributed by atoms with E-state index < -0.39 is 11.2 Å². The number of nitrogens with one attached hydrogen (secondary N) is 5. The van der Waals surface area contributed by atoms with Crippen LogP contribution in [-0.4, -0.2) is 46.3 Å². The molecule has 0 heterocycles. The van der Waals surface area contributed by atoms with Gasteiger partial charge in [-0.2, -0.15) is 5.12 Å². The third-order valence-corrected chi connectivity index (χ3v) is 8.91. The Bertz CT molecular complexity index is 1050. The van der Waals surface area contributed by atoms with E-state index in [1.54, 1.807) is 20.8 Å². The molecule has 0 aromatic rings. The maximum atomic E-state index is 13.2. The Morgan fingerprint density at radius 2 is 0.788 bits per heavy atom. The Morgan fingerprint density at radius 3 is 1.29 bits per heavy atom. The molecule has 0 aromatic carbocycles. The Morgan fingerprint density at radius 1 is 0.423 bits per heavy atom. The van der Waals surface area contributed by atoms with Crippen LogP contribution in [0.5, 0.6) is 0 Å². The Kier molecular flexibility index (Phi) is 27.5. The van der Waals surface area contributed by atoms with E-state index in [1.165, 1.54) is 0 Å². The molecule has 0 spiro atoms. The summed E-state index contributed by atoms with van der Waals surface area (Å²) in [6.45, 7) is 13.7. The molecule has 0 rings (SSSR count). The lowest BCUT2D eigenvalue weighted by molar-refractivity contribution is -0.150. The average Bonchev–Trinajstić information content (AvgIpc) is 3.08. The molecule has 0 aliphatic carbocycles. The second-order valence-corrected chi connectivity index (χ2v) is 15.3. The first-order chi connectivity index (χ1) is 24.7. The van der Waals surface area contributed by atoms with Crippen molar-refractivity contribution in [2.24, 2.45) is 5.41 Å². The first-order valence-corrected chi connectivity index (χ1v) is 20.6. The van der Waals surface area contributed by atoms with Gasteiger partial charge in [-0.25, -0.2) is 10.9 Å². The van der Waals surface area contributed by atoms with Gasteiger partial charge < -0.3 is 16.0 Å². The standard InChI is InChI=1S/C40H76N6O6/c1-8-12-16-19-24-30-36(50)45-46(44-35(49)29-23-17-13-9-2)37(51)31-25-20-18-21-26-32-40(41-33(47)27-15-11-4,43-38(52)39(5,6)7)42-34(48)28-22-14-10-3/h8-32H2,1-7H3,(H,41,47)(H,42,48)(H,43,52)(H,44,49)(H,45,50). The highest BCUT2D eigenvalue weighted by Gasteiger charge is 2.37. The smallest absolute Gasteiger partial charge is 0.260 e. The van der Waals surface area contributed by atoms with Crippen LogP contribution in [0.3, 0.4) is 0 Å². The maximum absolute atomic E-state index is 13.2. The van der Waals surface area contributed by atoms with Gasteiger partial charge in [-0.15, -0.1) is 0 Å². The summed E-state index contributed by atoms with van der Waals surface area (Å²) >= 11 is 0. The number of rotatable bonds is 29. The topological polar surface area (TPSA) is 166 Å². The Labute approximate surface area is 315 Å². The molecule has 52 heavy (non-hydrogen) atoms. The van der Waals surface area contributed by atoms with Gasteiger partial charge in [0.25, 0.3) is 5.91 Å². The average molecular weight is 737 g/mol. The van der Waals surface area contributed by atoms with Gasteiger partial charge in [0.1, 0.15) is 0 Å². The van der Waals surface area contributed by atoms with Gasteiger partial charge >= 0.3 is 0 Å². The van der Waals surface area contributed by atoms with Gasteiger partial charge in [-0.1, -0.05) is 132 Å². The fraction of sp³-hybridized carbons (Fsp3) is 0.850. The van der Waals surface area contributed by atoms with Crippen molar-refractivity contribution in [2.75, 3.05) is 0 Å².